The second-order valence-electron chi connectivity index (χ2n) is 10.4. The molecule has 0 N–H and O–H groups in total. The summed E-state index contributed by atoms with van der Waals surface area (Å²) in [6.45, 7) is 5.85. The van der Waals surface area contributed by atoms with Crippen LogP contribution >= 0.6 is 0 Å². The summed E-state index contributed by atoms with van der Waals surface area (Å²) in [5.74, 6) is 0.918. The van der Waals surface area contributed by atoms with Gasteiger partial charge in [-0.25, -0.2) is 8.42 Å². The van der Waals surface area contributed by atoms with E-state index < -0.39 is 21.6 Å². The highest BCUT2D eigenvalue weighted by Gasteiger charge is 2.53. The number of hydrogen-bond donors (Lipinski definition) is 0. The average molecular weight is 483 g/mol. The first kappa shape index (κ1) is 22.8. The molecular weight excluding hydrogens is 453 g/mol. The van der Waals surface area contributed by atoms with E-state index >= 15 is 0 Å². The van der Waals surface area contributed by atoms with Gasteiger partial charge >= 0.3 is 6.18 Å². The highest BCUT2D eigenvalue weighted by molar-refractivity contribution is 7.92. The van der Waals surface area contributed by atoms with Gasteiger partial charge in [-0.05, 0) is 58.2 Å². The predicted octanol–water partition coefficient (Wildman–Crippen LogP) is 4.30. The fraction of sp³-hybridized carbons (Fsp3) is 0.652. The summed E-state index contributed by atoms with van der Waals surface area (Å²) in [6, 6.07) is 3.53. The Morgan fingerprint density at radius 3 is 2.58 bits per heavy atom. The first-order chi connectivity index (χ1) is 15.4. The van der Waals surface area contributed by atoms with Crippen LogP contribution in [-0.4, -0.2) is 58.7 Å². The van der Waals surface area contributed by atoms with Crippen molar-refractivity contribution in [3.8, 4) is 11.3 Å². The molecule has 0 aromatic carbocycles. The van der Waals surface area contributed by atoms with E-state index in [1.165, 1.54) is 6.20 Å². The van der Waals surface area contributed by atoms with Gasteiger partial charge in [0.1, 0.15) is 0 Å². The molecule has 3 aliphatic rings. The van der Waals surface area contributed by atoms with Crippen LogP contribution in [0, 0.1) is 5.41 Å². The smallest absolute Gasteiger partial charge is 0.300 e. The largest absolute Gasteiger partial charge is 0.417 e. The summed E-state index contributed by atoms with van der Waals surface area (Å²) in [5.41, 5.74) is 1.12. The molecule has 4 heterocycles. The molecule has 10 heteroatoms. The number of nitrogens with zero attached hydrogens (tertiary/aromatic N) is 4. The van der Waals surface area contributed by atoms with E-state index in [0.717, 1.165) is 56.7 Å². The SMILES string of the molecule is CC(C)n1nc(-c2cncc(C(F)(F)F)c2)cc1[C@H]1CC[C@@H](N2CCC3(C2)CS(=O)(=O)C3)C1. The number of hydrogen-bond acceptors (Lipinski definition) is 5. The summed E-state index contributed by atoms with van der Waals surface area (Å²) in [6.07, 6.45) is 1.76. The molecule has 33 heavy (non-hydrogen) atoms. The van der Waals surface area contributed by atoms with E-state index in [2.05, 4.69) is 15.0 Å². The topological polar surface area (TPSA) is 68.1 Å². The standard InChI is InChI=1S/C23H29F3N4O2S/c1-15(2)30-21(9-20(28-30)17-7-18(11-27-10-17)23(24,25)26)16-3-4-19(8-16)29-6-5-22(12-29)13-33(31,32)14-22/h7,9-11,15-16,19H,3-6,8,12-14H2,1-2H3/t16-,19+/m0/s1. The summed E-state index contributed by atoms with van der Waals surface area (Å²) < 4.78 is 64.8. The molecule has 0 amide bonds. The normalized spacial score (nSPS) is 26.8. The molecule has 2 saturated heterocycles. The minimum atomic E-state index is -4.45. The fourth-order valence-corrected chi connectivity index (χ4v) is 8.22. The lowest BCUT2D eigenvalue weighted by Crippen LogP contribution is -2.50. The Bertz CT molecular complexity index is 1150. The summed E-state index contributed by atoms with van der Waals surface area (Å²) in [7, 11) is -2.84. The van der Waals surface area contributed by atoms with Gasteiger partial charge in [0.25, 0.3) is 0 Å². The maximum Gasteiger partial charge on any atom is 0.417 e. The molecule has 0 unspecified atom stereocenters. The van der Waals surface area contributed by atoms with Gasteiger partial charge in [-0.1, -0.05) is 0 Å². The molecule has 0 radical (unpaired) electrons. The second kappa shape index (κ2) is 7.80. The first-order valence-electron chi connectivity index (χ1n) is 11.5. The monoisotopic (exact) mass is 482 g/mol. The Kier molecular flexibility index (Phi) is 5.39. The highest BCUT2D eigenvalue weighted by Crippen LogP contribution is 2.46. The lowest BCUT2D eigenvalue weighted by Gasteiger charge is -2.38. The highest BCUT2D eigenvalue weighted by atomic mass is 32.2. The molecule has 2 aromatic rings. The van der Waals surface area contributed by atoms with Crippen LogP contribution in [0.2, 0.25) is 0 Å². The zero-order chi connectivity index (χ0) is 23.6. The summed E-state index contributed by atoms with van der Waals surface area (Å²) in [5, 5.41) is 4.66. The quantitative estimate of drug-likeness (QED) is 0.650. The number of sulfone groups is 1. The third-order valence-corrected chi connectivity index (χ3v) is 9.58. The van der Waals surface area contributed by atoms with Gasteiger partial charge in [-0.15, -0.1) is 0 Å². The van der Waals surface area contributed by atoms with E-state index in [-0.39, 0.29) is 17.4 Å². The lowest BCUT2D eigenvalue weighted by molar-refractivity contribution is -0.137. The van der Waals surface area contributed by atoms with E-state index in [1.807, 2.05) is 24.6 Å². The molecule has 2 atom stereocenters. The van der Waals surface area contributed by atoms with Gasteiger partial charge in [0.15, 0.2) is 9.84 Å². The van der Waals surface area contributed by atoms with Gasteiger partial charge in [0.05, 0.1) is 22.8 Å². The summed E-state index contributed by atoms with van der Waals surface area (Å²) >= 11 is 0. The molecule has 0 bridgehead atoms. The van der Waals surface area contributed by atoms with Crippen LogP contribution in [0.15, 0.2) is 24.5 Å². The van der Waals surface area contributed by atoms with Gasteiger partial charge in [-0.2, -0.15) is 18.3 Å². The molecule has 2 aromatic heterocycles. The lowest BCUT2D eigenvalue weighted by atomic mass is 9.91. The van der Waals surface area contributed by atoms with Crippen molar-refractivity contribution in [2.75, 3.05) is 24.6 Å². The predicted molar refractivity (Wildman–Crippen MR) is 119 cm³/mol. The van der Waals surface area contributed by atoms with Crippen LogP contribution in [0.3, 0.4) is 0 Å². The van der Waals surface area contributed by atoms with Crippen LogP contribution in [0.5, 0.6) is 0 Å². The Morgan fingerprint density at radius 1 is 1.15 bits per heavy atom. The molecule has 2 aliphatic heterocycles. The maximum absolute atomic E-state index is 13.2. The Balaban J connectivity index is 1.34. The van der Waals surface area contributed by atoms with Crippen molar-refractivity contribution in [1.82, 2.24) is 19.7 Å². The van der Waals surface area contributed by atoms with Crippen molar-refractivity contribution < 1.29 is 21.6 Å². The van der Waals surface area contributed by atoms with Crippen molar-refractivity contribution in [2.45, 2.75) is 63.7 Å². The minimum absolute atomic E-state index is 0.0414. The number of aromatic nitrogens is 3. The Hall–Kier alpha value is -1.94. The molecular formula is C23H29F3N4O2S. The molecule has 180 valence electrons. The van der Waals surface area contributed by atoms with Crippen LogP contribution in [-0.2, 0) is 16.0 Å². The third-order valence-electron chi connectivity index (χ3n) is 7.47. The van der Waals surface area contributed by atoms with Gasteiger partial charge in [0, 0.05) is 53.6 Å². The molecule has 1 saturated carbocycles. The average Bonchev–Trinajstić information content (AvgIpc) is 3.44. The van der Waals surface area contributed by atoms with Crippen molar-refractivity contribution >= 4 is 9.84 Å². The number of alkyl halides is 3. The van der Waals surface area contributed by atoms with Crippen LogP contribution in [0.4, 0.5) is 13.2 Å². The summed E-state index contributed by atoms with van der Waals surface area (Å²) in [4.78, 5) is 6.25. The zero-order valence-electron chi connectivity index (χ0n) is 18.8. The van der Waals surface area contributed by atoms with E-state index in [9.17, 15) is 21.6 Å². The third kappa shape index (κ3) is 4.32. The molecule has 1 spiro atoms. The zero-order valence-corrected chi connectivity index (χ0v) is 19.7. The fourth-order valence-electron chi connectivity index (χ4n) is 5.97. The molecule has 5 rings (SSSR count). The number of rotatable bonds is 4. The van der Waals surface area contributed by atoms with Crippen molar-refractivity contribution in [3.05, 3.63) is 35.8 Å². The van der Waals surface area contributed by atoms with E-state index in [0.29, 0.717) is 28.8 Å². The molecule has 3 fully saturated rings. The minimum Gasteiger partial charge on any atom is -0.300 e. The van der Waals surface area contributed by atoms with Crippen molar-refractivity contribution in [2.24, 2.45) is 5.41 Å². The van der Waals surface area contributed by atoms with E-state index in [1.54, 1.807) is 0 Å². The Morgan fingerprint density at radius 2 is 1.91 bits per heavy atom. The van der Waals surface area contributed by atoms with E-state index in [4.69, 9.17) is 0 Å². The number of pyridine rings is 1. The maximum atomic E-state index is 13.2. The van der Waals surface area contributed by atoms with Crippen LogP contribution < -0.4 is 0 Å². The van der Waals surface area contributed by atoms with Crippen molar-refractivity contribution in [3.63, 3.8) is 0 Å². The first-order valence-corrected chi connectivity index (χ1v) is 13.3. The number of likely N-dealkylation sites (tertiary alicyclic amines) is 1. The number of halogens is 3. The van der Waals surface area contributed by atoms with Gasteiger partial charge in [0.2, 0.25) is 0 Å². The van der Waals surface area contributed by atoms with Crippen molar-refractivity contribution in [1.29, 1.82) is 0 Å². The second-order valence-corrected chi connectivity index (χ2v) is 12.4. The van der Waals surface area contributed by atoms with Crippen LogP contribution in [0.25, 0.3) is 11.3 Å². The Labute approximate surface area is 192 Å². The van der Waals surface area contributed by atoms with Gasteiger partial charge < -0.3 is 0 Å². The van der Waals surface area contributed by atoms with Gasteiger partial charge in [-0.3, -0.25) is 14.6 Å². The molecule has 6 nitrogen and oxygen atoms in total. The van der Waals surface area contributed by atoms with Crippen LogP contribution in [0.1, 0.15) is 62.7 Å². The molecule has 1 aliphatic carbocycles.